The van der Waals surface area contributed by atoms with E-state index in [0.29, 0.717) is 29.9 Å². The van der Waals surface area contributed by atoms with E-state index in [9.17, 15) is 4.79 Å². The summed E-state index contributed by atoms with van der Waals surface area (Å²) in [6.07, 6.45) is 3.48. The van der Waals surface area contributed by atoms with Gasteiger partial charge in [0.25, 0.3) is 5.56 Å². The molecule has 0 atom stereocenters. The van der Waals surface area contributed by atoms with Crippen LogP contribution >= 0.6 is 15.9 Å². The van der Waals surface area contributed by atoms with Crippen LogP contribution in [0.5, 0.6) is 0 Å². The standard InChI is InChI=1S/C12H16BrN5O2/c1-17-4-3-9(16-17)7-14-10-8-15-18(5-6-20-2)12(19)11(10)13/h3-4,8,14H,5-7H2,1-2H3. The average Bonchev–Trinajstić information content (AvgIpc) is 2.85. The fourth-order valence-corrected chi connectivity index (χ4v) is 2.12. The summed E-state index contributed by atoms with van der Waals surface area (Å²) >= 11 is 3.30. The first-order chi connectivity index (χ1) is 9.61. The van der Waals surface area contributed by atoms with Gasteiger partial charge in [0.1, 0.15) is 4.47 Å². The Morgan fingerprint density at radius 3 is 2.95 bits per heavy atom. The Bertz CT molecular complexity index is 637. The van der Waals surface area contributed by atoms with Gasteiger partial charge in [0.15, 0.2) is 0 Å². The zero-order chi connectivity index (χ0) is 14.5. The highest BCUT2D eigenvalue weighted by molar-refractivity contribution is 9.10. The van der Waals surface area contributed by atoms with Crippen LogP contribution in [0.25, 0.3) is 0 Å². The summed E-state index contributed by atoms with van der Waals surface area (Å²) < 4.78 is 8.49. The van der Waals surface area contributed by atoms with Gasteiger partial charge in [0.2, 0.25) is 0 Å². The van der Waals surface area contributed by atoms with E-state index in [2.05, 4.69) is 31.4 Å². The summed E-state index contributed by atoms with van der Waals surface area (Å²) in [7, 11) is 3.45. The summed E-state index contributed by atoms with van der Waals surface area (Å²) in [5.41, 5.74) is 1.35. The van der Waals surface area contributed by atoms with Gasteiger partial charge >= 0.3 is 0 Å². The van der Waals surface area contributed by atoms with Gasteiger partial charge in [-0.15, -0.1) is 0 Å². The highest BCUT2D eigenvalue weighted by Crippen LogP contribution is 2.16. The molecule has 7 nitrogen and oxygen atoms in total. The van der Waals surface area contributed by atoms with E-state index < -0.39 is 0 Å². The topological polar surface area (TPSA) is 74.0 Å². The Labute approximate surface area is 124 Å². The van der Waals surface area contributed by atoms with Crippen LogP contribution < -0.4 is 10.9 Å². The van der Waals surface area contributed by atoms with Crippen LogP contribution in [0.4, 0.5) is 5.69 Å². The van der Waals surface area contributed by atoms with Crippen molar-refractivity contribution in [2.75, 3.05) is 19.0 Å². The van der Waals surface area contributed by atoms with Crippen molar-refractivity contribution in [2.45, 2.75) is 13.1 Å². The molecule has 0 aliphatic carbocycles. The molecule has 2 rings (SSSR count). The molecule has 2 aromatic heterocycles. The van der Waals surface area contributed by atoms with Gasteiger partial charge in [-0.1, -0.05) is 0 Å². The van der Waals surface area contributed by atoms with Crippen molar-refractivity contribution < 1.29 is 4.74 Å². The molecule has 0 aliphatic rings. The van der Waals surface area contributed by atoms with Crippen molar-refractivity contribution >= 4 is 21.6 Å². The molecule has 1 N–H and O–H groups in total. The van der Waals surface area contributed by atoms with Crippen molar-refractivity contribution in [2.24, 2.45) is 7.05 Å². The van der Waals surface area contributed by atoms with E-state index >= 15 is 0 Å². The zero-order valence-corrected chi connectivity index (χ0v) is 12.9. The molecule has 0 fully saturated rings. The van der Waals surface area contributed by atoms with E-state index in [4.69, 9.17) is 4.74 Å². The third-order valence-electron chi connectivity index (χ3n) is 2.72. The highest BCUT2D eigenvalue weighted by atomic mass is 79.9. The van der Waals surface area contributed by atoms with Crippen LogP contribution in [0.1, 0.15) is 5.69 Å². The number of nitrogens with zero attached hydrogens (tertiary/aromatic N) is 4. The van der Waals surface area contributed by atoms with Crippen LogP contribution in [0, 0.1) is 0 Å². The van der Waals surface area contributed by atoms with Gasteiger partial charge in [-0.2, -0.15) is 10.2 Å². The van der Waals surface area contributed by atoms with E-state index in [1.54, 1.807) is 18.0 Å². The fourth-order valence-electron chi connectivity index (χ4n) is 1.67. The molecule has 0 radical (unpaired) electrons. The summed E-state index contributed by atoms with van der Waals surface area (Å²) in [6, 6.07) is 1.91. The van der Waals surface area contributed by atoms with Gasteiger partial charge in [0, 0.05) is 20.4 Å². The Morgan fingerprint density at radius 1 is 1.50 bits per heavy atom. The largest absolute Gasteiger partial charge is 0.383 e. The predicted octanol–water partition coefficient (Wildman–Crippen LogP) is 0.998. The maximum Gasteiger partial charge on any atom is 0.283 e. The molecule has 0 saturated carbocycles. The normalized spacial score (nSPS) is 10.8. The molecule has 0 aliphatic heterocycles. The van der Waals surface area contributed by atoms with Crippen molar-refractivity contribution in [3.63, 3.8) is 0 Å². The molecule has 2 heterocycles. The number of ether oxygens (including phenoxy) is 1. The summed E-state index contributed by atoms with van der Waals surface area (Å²) in [5, 5.41) is 11.5. The van der Waals surface area contributed by atoms with Crippen LogP contribution in [0.2, 0.25) is 0 Å². The Balaban J connectivity index is 2.09. The Morgan fingerprint density at radius 2 is 2.30 bits per heavy atom. The van der Waals surface area contributed by atoms with Gasteiger partial charge in [-0.05, 0) is 22.0 Å². The number of hydrogen-bond donors (Lipinski definition) is 1. The molecular formula is C12H16BrN5O2. The number of anilines is 1. The quantitative estimate of drug-likeness (QED) is 0.848. The van der Waals surface area contributed by atoms with E-state index in [1.165, 1.54) is 4.68 Å². The third kappa shape index (κ3) is 3.45. The Hall–Kier alpha value is -1.67. The molecule has 20 heavy (non-hydrogen) atoms. The summed E-state index contributed by atoms with van der Waals surface area (Å²) in [5.74, 6) is 0. The molecule has 0 unspecified atom stereocenters. The molecule has 8 heteroatoms. The minimum absolute atomic E-state index is 0.187. The van der Waals surface area contributed by atoms with E-state index in [1.807, 2.05) is 19.3 Å². The first kappa shape index (κ1) is 14.7. The number of methoxy groups -OCH3 is 1. The first-order valence-corrected chi connectivity index (χ1v) is 6.88. The lowest BCUT2D eigenvalue weighted by Crippen LogP contribution is -2.26. The van der Waals surface area contributed by atoms with E-state index in [-0.39, 0.29) is 5.56 Å². The number of aromatic nitrogens is 4. The number of aryl methyl sites for hydroxylation is 1. The number of rotatable bonds is 6. The lowest BCUT2D eigenvalue weighted by molar-refractivity contribution is 0.181. The first-order valence-electron chi connectivity index (χ1n) is 6.08. The second-order valence-corrected chi connectivity index (χ2v) is 5.02. The van der Waals surface area contributed by atoms with Gasteiger partial charge < -0.3 is 10.1 Å². The molecule has 0 bridgehead atoms. The number of nitrogens with one attached hydrogen (secondary N) is 1. The molecule has 2 aromatic rings. The second kappa shape index (κ2) is 6.67. The zero-order valence-electron chi connectivity index (χ0n) is 11.3. The maximum absolute atomic E-state index is 12.0. The van der Waals surface area contributed by atoms with Crippen LogP contribution in [0.15, 0.2) is 27.7 Å². The van der Waals surface area contributed by atoms with Crippen LogP contribution in [0.3, 0.4) is 0 Å². The number of halogens is 1. The monoisotopic (exact) mass is 341 g/mol. The van der Waals surface area contributed by atoms with Gasteiger partial charge in [0.05, 0.1) is 37.3 Å². The molecular weight excluding hydrogens is 326 g/mol. The van der Waals surface area contributed by atoms with Gasteiger partial charge in [-0.3, -0.25) is 9.48 Å². The lowest BCUT2D eigenvalue weighted by atomic mass is 10.4. The average molecular weight is 342 g/mol. The van der Waals surface area contributed by atoms with Crippen molar-refractivity contribution in [3.8, 4) is 0 Å². The molecule has 0 aromatic carbocycles. The van der Waals surface area contributed by atoms with Gasteiger partial charge in [-0.25, -0.2) is 4.68 Å². The fraction of sp³-hybridized carbons (Fsp3) is 0.417. The smallest absolute Gasteiger partial charge is 0.283 e. The Kier molecular flexibility index (Phi) is 4.91. The van der Waals surface area contributed by atoms with Crippen LogP contribution in [-0.2, 0) is 24.9 Å². The van der Waals surface area contributed by atoms with Crippen molar-refractivity contribution in [1.82, 2.24) is 19.6 Å². The van der Waals surface area contributed by atoms with E-state index in [0.717, 1.165) is 5.69 Å². The minimum Gasteiger partial charge on any atom is -0.383 e. The van der Waals surface area contributed by atoms with Crippen molar-refractivity contribution in [3.05, 3.63) is 39.0 Å². The highest BCUT2D eigenvalue weighted by Gasteiger charge is 2.09. The SMILES string of the molecule is COCCn1ncc(NCc2ccn(C)n2)c(Br)c1=O. The van der Waals surface area contributed by atoms with Crippen molar-refractivity contribution in [1.29, 1.82) is 0 Å². The minimum atomic E-state index is -0.187. The third-order valence-corrected chi connectivity index (χ3v) is 3.49. The summed E-state index contributed by atoms with van der Waals surface area (Å²) in [6.45, 7) is 1.40. The molecule has 108 valence electrons. The molecule has 0 spiro atoms. The summed E-state index contributed by atoms with van der Waals surface area (Å²) in [4.78, 5) is 12.0. The second-order valence-electron chi connectivity index (χ2n) is 4.23. The molecule has 0 amide bonds. The maximum atomic E-state index is 12.0. The van der Waals surface area contributed by atoms with Crippen LogP contribution in [-0.4, -0.2) is 33.3 Å². The predicted molar refractivity (Wildman–Crippen MR) is 78.6 cm³/mol. The lowest BCUT2D eigenvalue weighted by Gasteiger charge is -2.09. The number of hydrogen-bond acceptors (Lipinski definition) is 5. The molecule has 0 saturated heterocycles.